The smallest absolute Gasteiger partial charge is 0.275 e. The molecule has 172 valence electrons. The number of halogens is 1. The highest BCUT2D eigenvalue weighted by Gasteiger charge is 2.20. The molecule has 0 aliphatic carbocycles. The summed E-state index contributed by atoms with van der Waals surface area (Å²) in [7, 11) is 4.76. The zero-order valence-electron chi connectivity index (χ0n) is 18.7. The lowest BCUT2D eigenvalue weighted by Crippen LogP contribution is -2.33. The van der Waals surface area contributed by atoms with Crippen molar-refractivity contribution in [2.45, 2.75) is 6.92 Å². The highest BCUT2D eigenvalue weighted by molar-refractivity contribution is 6.34. The van der Waals surface area contributed by atoms with Crippen LogP contribution >= 0.6 is 11.6 Å². The largest absolute Gasteiger partial charge is 0.484 e. The molecule has 1 aromatic heterocycles. The molecule has 10 heteroatoms. The van der Waals surface area contributed by atoms with E-state index in [0.29, 0.717) is 33.4 Å². The number of aryl methyl sites for hydroxylation is 2. The van der Waals surface area contributed by atoms with Crippen LogP contribution in [-0.4, -0.2) is 48.2 Å². The summed E-state index contributed by atoms with van der Waals surface area (Å²) < 4.78 is 7.01. The van der Waals surface area contributed by atoms with Crippen LogP contribution in [0.4, 0.5) is 11.4 Å². The molecular formula is C23H24ClN5O4. The predicted octanol–water partition coefficient (Wildman–Crippen LogP) is 3.04. The zero-order valence-corrected chi connectivity index (χ0v) is 19.4. The number of carbonyl (C=O) groups excluding carboxylic acids is 3. The summed E-state index contributed by atoms with van der Waals surface area (Å²) >= 11 is 6.15. The third-order valence-corrected chi connectivity index (χ3v) is 5.40. The highest BCUT2D eigenvalue weighted by Crippen LogP contribution is 2.23. The lowest BCUT2D eigenvalue weighted by Gasteiger charge is -2.20. The van der Waals surface area contributed by atoms with E-state index < -0.39 is 0 Å². The second-order valence-corrected chi connectivity index (χ2v) is 7.57. The van der Waals surface area contributed by atoms with Crippen LogP contribution < -0.4 is 20.3 Å². The number of aromatic nitrogens is 2. The number of nitrogens with one attached hydrogen (secondary N) is 2. The van der Waals surface area contributed by atoms with Gasteiger partial charge < -0.3 is 20.3 Å². The molecule has 0 radical (unpaired) electrons. The van der Waals surface area contributed by atoms with E-state index in [0.717, 1.165) is 0 Å². The first-order valence-corrected chi connectivity index (χ1v) is 10.4. The number of hydrogen-bond donors (Lipinski definition) is 2. The van der Waals surface area contributed by atoms with Crippen molar-refractivity contribution < 1.29 is 19.1 Å². The highest BCUT2D eigenvalue weighted by atomic mass is 35.5. The summed E-state index contributed by atoms with van der Waals surface area (Å²) in [5.41, 5.74) is 2.23. The van der Waals surface area contributed by atoms with E-state index in [4.69, 9.17) is 16.3 Å². The normalized spacial score (nSPS) is 10.5. The van der Waals surface area contributed by atoms with Crippen molar-refractivity contribution in [3.63, 3.8) is 0 Å². The monoisotopic (exact) mass is 469 g/mol. The van der Waals surface area contributed by atoms with Crippen LogP contribution in [0.3, 0.4) is 0 Å². The second kappa shape index (κ2) is 10.2. The van der Waals surface area contributed by atoms with Crippen LogP contribution in [0.5, 0.6) is 5.75 Å². The molecule has 0 atom stereocenters. The van der Waals surface area contributed by atoms with Gasteiger partial charge in [0.2, 0.25) is 0 Å². The molecule has 0 spiro atoms. The van der Waals surface area contributed by atoms with Crippen molar-refractivity contribution >= 4 is 40.7 Å². The number of amides is 3. The number of anilines is 2. The third kappa shape index (κ3) is 5.32. The van der Waals surface area contributed by atoms with Gasteiger partial charge in [-0.25, -0.2) is 0 Å². The van der Waals surface area contributed by atoms with E-state index in [9.17, 15) is 14.4 Å². The first-order valence-electron chi connectivity index (χ1n) is 10.0. The standard InChI is InChI=1S/C23H24ClN5O4/c1-14-20(24)21(29(4)27-14)23(32)26-15-9-11-16(12-10-15)33-13-19(30)28(3)18-8-6-5-7-17(18)22(31)25-2/h5-12H,13H2,1-4H3,(H,25,31)(H,26,32). The Morgan fingerprint density at radius 3 is 2.36 bits per heavy atom. The zero-order chi connectivity index (χ0) is 24.1. The summed E-state index contributed by atoms with van der Waals surface area (Å²) in [4.78, 5) is 38.5. The summed E-state index contributed by atoms with van der Waals surface area (Å²) in [6.45, 7) is 1.50. The average molecular weight is 470 g/mol. The Bertz CT molecular complexity index is 1190. The van der Waals surface area contributed by atoms with Crippen molar-refractivity contribution in [3.05, 3.63) is 70.5 Å². The van der Waals surface area contributed by atoms with E-state index in [-0.39, 0.29) is 30.0 Å². The molecule has 0 unspecified atom stereocenters. The first kappa shape index (κ1) is 23.8. The minimum Gasteiger partial charge on any atom is -0.484 e. The molecule has 2 N–H and O–H groups in total. The van der Waals surface area contributed by atoms with Crippen LogP contribution in [0.1, 0.15) is 26.5 Å². The SMILES string of the molecule is CNC(=O)c1ccccc1N(C)C(=O)COc1ccc(NC(=O)c2c(Cl)c(C)nn2C)cc1. The number of benzene rings is 2. The Hall–Kier alpha value is -3.85. The number of para-hydroxylation sites is 1. The Morgan fingerprint density at radius 1 is 1.09 bits per heavy atom. The van der Waals surface area contributed by atoms with Gasteiger partial charge in [-0.2, -0.15) is 5.10 Å². The van der Waals surface area contributed by atoms with Crippen LogP contribution in [0, 0.1) is 6.92 Å². The van der Waals surface area contributed by atoms with Crippen molar-refractivity contribution in [1.29, 1.82) is 0 Å². The van der Waals surface area contributed by atoms with Crippen molar-refractivity contribution in [2.24, 2.45) is 7.05 Å². The fourth-order valence-corrected chi connectivity index (χ4v) is 3.42. The lowest BCUT2D eigenvalue weighted by molar-refractivity contribution is -0.120. The van der Waals surface area contributed by atoms with Gasteiger partial charge in [-0.15, -0.1) is 0 Å². The van der Waals surface area contributed by atoms with Gasteiger partial charge in [-0.3, -0.25) is 19.1 Å². The van der Waals surface area contributed by atoms with Crippen LogP contribution in [0.2, 0.25) is 5.02 Å². The van der Waals surface area contributed by atoms with Crippen LogP contribution in [0.15, 0.2) is 48.5 Å². The number of rotatable bonds is 7. The van der Waals surface area contributed by atoms with Gasteiger partial charge in [0.25, 0.3) is 17.7 Å². The first-order chi connectivity index (χ1) is 15.7. The molecule has 3 rings (SSSR count). The number of hydrogen-bond acceptors (Lipinski definition) is 5. The number of nitrogens with zero attached hydrogens (tertiary/aromatic N) is 3. The topological polar surface area (TPSA) is 106 Å². The van der Waals surface area contributed by atoms with Crippen molar-refractivity contribution in [1.82, 2.24) is 15.1 Å². The Labute approximate surface area is 196 Å². The molecule has 0 aliphatic rings. The summed E-state index contributed by atoms with van der Waals surface area (Å²) in [5, 5.41) is 9.75. The van der Waals surface area contributed by atoms with Gasteiger partial charge in [0.05, 0.1) is 22.0 Å². The summed E-state index contributed by atoms with van der Waals surface area (Å²) in [5.74, 6) is -0.552. The van der Waals surface area contributed by atoms with Gasteiger partial charge in [-0.1, -0.05) is 23.7 Å². The average Bonchev–Trinajstić information content (AvgIpc) is 3.08. The summed E-state index contributed by atoms with van der Waals surface area (Å²) in [6.07, 6.45) is 0. The molecule has 1 heterocycles. The van der Waals surface area contributed by atoms with Gasteiger partial charge in [0.15, 0.2) is 6.61 Å². The molecule has 9 nitrogen and oxygen atoms in total. The third-order valence-electron chi connectivity index (χ3n) is 4.95. The van der Waals surface area contributed by atoms with Crippen molar-refractivity contribution in [2.75, 3.05) is 30.9 Å². The molecule has 0 saturated heterocycles. The number of ether oxygens (including phenoxy) is 1. The fourth-order valence-electron chi connectivity index (χ4n) is 3.17. The molecule has 2 aromatic carbocycles. The molecule has 0 aliphatic heterocycles. The van der Waals surface area contributed by atoms with E-state index in [2.05, 4.69) is 15.7 Å². The Morgan fingerprint density at radius 2 is 1.76 bits per heavy atom. The predicted molar refractivity (Wildman–Crippen MR) is 126 cm³/mol. The molecule has 3 amide bonds. The Balaban J connectivity index is 1.61. The molecular weight excluding hydrogens is 446 g/mol. The van der Waals surface area contributed by atoms with E-state index >= 15 is 0 Å². The Kier molecular flexibility index (Phi) is 7.34. The summed E-state index contributed by atoms with van der Waals surface area (Å²) in [6, 6.07) is 13.4. The minimum absolute atomic E-state index is 0.228. The van der Waals surface area contributed by atoms with Gasteiger partial charge in [0, 0.05) is 26.8 Å². The molecule has 0 bridgehead atoms. The van der Waals surface area contributed by atoms with Crippen LogP contribution in [-0.2, 0) is 11.8 Å². The fraction of sp³-hybridized carbons (Fsp3) is 0.217. The lowest BCUT2D eigenvalue weighted by atomic mass is 10.1. The van der Waals surface area contributed by atoms with Gasteiger partial charge in [0.1, 0.15) is 11.4 Å². The van der Waals surface area contributed by atoms with Gasteiger partial charge >= 0.3 is 0 Å². The molecule has 0 saturated carbocycles. The molecule has 3 aromatic rings. The maximum Gasteiger partial charge on any atom is 0.275 e. The number of likely N-dealkylation sites (N-methyl/N-ethyl adjacent to an activating group) is 1. The number of carbonyl (C=O) groups is 3. The van der Waals surface area contributed by atoms with Gasteiger partial charge in [-0.05, 0) is 43.3 Å². The second-order valence-electron chi connectivity index (χ2n) is 7.19. The molecule has 0 fully saturated rings. The van der Waals surface area contributed by atoms with E-state index in [1.54, 1.807) is 69.6 Å². The van der Waals surface area contributed by atoms with Crippen LogP contribution in [0.25, 0.3) is 0 Å². The maximum absolute atomic E-state index is 12.6. The van der Waals surface area contributed by atoms with Crippen molar-refractivity contribution in [3.8, 4) is 5.75 Å². The van der Waals surface area contributed by atoms with E-state index in [1.165, 1.54) is 16.6 Å². The molecule has 33 heavy (non-hydrogen) atoms. The maximum atomic E-state index is 12.6. The van der Waals surface area contributed by atoms with E-state index in [1.807, 2.05) is 0 Å². The minimum atomic E-state index is -0.386. The quantitative estimate of drug-likeness (QED) is 0.553.